The molecule has 0 fully saturated rings. The molecule has 0 aliphatic rings. The van der Waals surface area contributed by atoms with Crippen molar-refractivity contribution >= 4 is 28.4 Å². The van der Waals surface area contributed by atoms with E-state index >= 15 is 0 Å². The normalized spacial score (nSPS) is 11.9. The number of thiophene rings is 1. The second-order valence-electron chi connectivity index (χ2n) is 3.98. The monoisotopic (exact) mass is 278 g/mol. The maximum absolute atomic E-state index is 11.1. The largest absolute Gasteiger partial charge is 0.372 e. The number of nitrogens with two attached hydrogens (primary N) is 1. The maximum Gasteiger partial charge on any atom is 0.316 e. The van der Waals surface area contributed by atoms with Crippen molar-refractivity contribution in [1.29, 1.82) is 0 Å². The van der Waals surface area contributed by atoms with E-state index in [0.717, 1.165) is 4.88 Å². The molecule has 1 unspecified atom stereocenters. The van der Waals surface area contributed by atoms with Crippen LogP contribution in [0.25, 0.3) is 0 Å². The Kier molecular flexibility index (Phi) is 3.98. The lowest BCUT2D eigenvalue weighted by molar-refractivity contribution is -0.383. The van der Waals surface area contributed by atoms with Gasteiger partial charge in [-0.25, -0.2) is 0 Å². The van der Waals surface area contributed by atoms with E-state index < -0.39 is 4.92 Å². The van der Waals surface area contributed by atoms with Crippen molar-refractivity contribution in [3.8, 4) is 0 Å². The van der Waals surface area contributed by atoms with Gasteiger partial charge in [0.2, 0.25) is 0 Å². The minimum absolute atomic E-state index is 0.00766. The molecule has 1 heterocycles. The number of rotatable bonds is 5. The van der Waals surface area contributed by atoms with Gasteiger partial charge in [0.25, 0.3) is 0 Å². The maximum atomic E-state index is 11.1. The number of nitro benzene ring substituents is 1. The Morgan fingerprint density at radius 1 is 1.32 bits per heavy atom. The molecule has 7 heteroatoms. The molecule has 2 rings (SSSR count). The molecule has 0 bridgehead atoms. The Morgan fingerprint density at radius 2 is 2.05 bits per heavy atom. The number of nitrogens with zero attached hydrogens (tertiary/aromatic N) is 1. The average molecular weight is 278 g/mol. The number of benzene rings is 1. The Hall–Kier alpha value is -2.12. The topological polar surface area (TPSA) is 93.2 Å². The molecule has 19 heavy (non-hydrogen) atoms. The highest BCUT2D eigenvalue weighted by atomic mass is 32.1. The third-order valence-corrected chi connectivity index (χ3v) is 3.77. The number of hydrogen-bond donors (Lipinski definition) is 3. The van der Waals surface area contributed by atoms with Crippen molar-refractivity contribution in [2.75, 3.05) is 10.7 Å². The van der Waals surface area contributed by atoms with Crippen LogP contribution in [0, 0.1) is 10.1 Å². The highest BCUT2D eigenvalue weighted by Crippen LogP contribution is 2.34. The number of nitro groups is 1. The summed E-state index contributed by atoms with van der Waals surface area (Å²) in [5.74, 6) is 5.30. The van der Waals surface area contributed by atoms with E-state index in [1.165, 1.54) is 0 Å². The van der Waals surface area contributed by atoms with Crippen LogP contribution in [0.1, 0.15) is 17.8 Å². The Morgan fingerprint density at radius 3 is 2.63 bits per heavy atom. The van der Waals surface area contributed by atoms with Crippen LogP contribution in [0.3, 0.4) is 0 Å². The van der Waals surface area contributed by atoms with Crippen LogP contribution in [0.4, 0.5) is 17.1 Å². The summed E-state index contributed by atoms with van der Waals surface area (Å²) in [5.41, 5.74) is 3.03. The summed E-state index contributed by atoms with van der Waals surface area (Å²) in [6.45, 7) is 1.96. The van der Waals surface area contributed by atoms with Crippen LogP contribution in [-0.2, 0) is 0 Å². The summed E-state index contributed by atoms with van der Waals surface area (Å²) in [4.78, 5) is 11.8. The molecule has 100 valence electrons. The van der Waals surface area contributed by atoms with E-state index in [4.69, 9.17) is 5.84 Å². The summed E-state index contributed by atoms with van der Waals surface area (Å²) in [5, 5.41) is 16.3. The Labute approximate surface area is 114 Å². The lowest BCUT2D eigenvalue weighted by Crippen LogP contribution is -2.12. The molecular formula is C12H14N4O2S. The molecular weight excluding hydrogens is 264 g/mol. The van der Waals surface area contributed by atoms with E-state index in [1.54, 1.807) is 29.5 Å². The highest BCUT2D eigenvalue weighted by molar-refractivity contribution is 7.10. The summed E-state index contributed by atoms with van der Waals surface area (Å²) >= 11 is 1.60. The highest BCUT2D eigenvalue weighted by Gasteiger charge is 2.20. The van der Waals surface area contributed by atoms with Gasteiger partial charge in [0, 0.05) is 4.88 Å². The van der Waals surface area contributed by atoms with Gasteiger partial charge in [-0.05, 0) is 30.5 Å². The molecule has 1 atom stereocenters. The van der Waals surface area contributed by atoms with Gasteiger partial charge in [-0.15, -0.1) is 11.3 Å². The number of hydrogen-bond acceptors (Lipinski definition) is 6. The lowest BCUT2D eigenvalue weighted by atomic mass is 10.2. The van der Waals surface area contributed by atoms with Gasteiger partial charge in [-0.1, -0.05) is 12.1 Å². The third kappa shape index (κ3) is 2.83. The van der Waals surface area contributed by atoms with Gasteiger partial charge in [0.1, 0.15) is 11.4 Å². The summed E-state index contributed by atoms with van der Waals surface area (Å²) in [6, 6.07) is 8.88. The third-order valence-electron chi connectivity index (χ3n) is 2.72. The first-order valence-corrected chi connectivity index (χ1v) is 6.55. The molecule has 0 amide bonds. The first-order chi connectivity index (χ1) is 9.13. The van der Waals surface area contributed by atoms with Crippen LogP contribution in [0.5, 0.6) is 0 Å². The fourth-order valence-electron chi connectivity index (χ4n) is 1.82. The van der Waals surface area contributed by atoms with Gasteiger partial charge in [-0.2, -0.15) is 0 Å². The summed E-state index contributed by atoms with van der Waals surface area (Å²) in [6.07, 6.45) is 0. The standard InChI is InChI=1S/C12H14N4O2S/c1-8(11-6-3-7-19-11)14-9-4-2-5-10(15-13)12(9)16(17)18/h2-8,14-15H,13H2,1H3. The van der Waals surface area contributed by atoms with Crippen LogP contribution in [0.2, 0.25) is 0 Å². The molecule has 0 aliphatic carbocycles. The number of nitrogens with one attached hydrogen (secondary N) is 2. The predicted molar refractivity (Wildman–Crippen MR) is 77.3 cm³/mol. The second-order valence-corrected chi connectivity index (χ2v) is 4.96. The second kappa shape index (κ2) is 5.68. The summed E-state index contributed by atoms with van der Waals surface area (Å²) in [7, 11) is 0. The molecule has 1 aromatic heterocycles. The van der Waals surface area contributed by atoms with E-state index in [2.05, 4.69) is 10.7 Å². The molecule has 2 aromatic rings. The van der Waals surface area contributed by atoms with Crippen LogP contribution < -0.4 is 16.6 Å². The van der Waals surface area contributed by atoms with E-state index in [0.29, 0.717) is 5.69 Å². The van der Waals surface area contributed by atoms with E-state index in [9.17, 15) is 10.1 Å². The van der Waals surface area contributed by atoms with Crippen LogP contribution in [0.15, 0.2) is 35.7 Å². The minimum atomic E-state index is -0.446. The Balaban J connectivity index is 2.32. The van der Waals surface area contributed by atoms with Crippen molar-refractivity contribution < 1.29 is 4.92 Å². The zero-order chi connectivity index (χ0) is 13.8. The van der Waals surface area contributed by atoms with Gasteiger partial charge in [0.15, 0.2) is 0 Å². The minimum Gasteiger partial charge on any atom is -0.372 e. The first kappa shape index (κ1) is 13.3. The fourth-order valence-corrected chi connectivity index (χ4v) is 2.55. The molecule has 0 radical (unpaired) electrons. The predicted octanol–water partition coefficient (Wildman–Crippen LogP) is 3.12. The quantitative estimate of drug-likeness (QED) is 0.444. The molecule has 6 nitrogen and oxygen atoms in total. The average Bonchev–Trinajstić information content (AvgIpc) is 2.92. The lowest BCUT2D eigenvalue weighted by Gasteiger charge is -2.15. The van der Waals surface area contributed by atoms with E-state index in [1.807, 2.05) is 24.4 Å². The smallest absolute Gasteiger partial charge is 0.316 e. The first-order valence-electron chi connectivity index (χ1n) is 5.67. The molecule has 0 spiro atoms. The van der Waals surface area contributed by atoms with Crippen molar-refractivity contribution in [3.63, 3.8) is 0 Å². The zero-order valence-corrected chi connectivity index (χ0v) is 11.1. The van der Waals surface area contributed by atoms with Gasteiger partial charge < -0.3 is 10.7 Å². The van der Waals surface area contributed by atoms with Crippen molar-refractivity contribution in [3.05, 3.63) is 50.7 Å². The van der Waals surface area contributed by atoms with Gasteiger partial charge in [0.05, 0.1) is 11.0 Å². The SMILES string of the molecule is CC(Nc1cccc(NN)c1[N+](=O)[O-])c1cccs1. The van der Waals surface area contributed by atoms with Crippen LogP contribution >= 0.6 is 11.3 Å². The number of hydrazine groups is 1. The summed E-state index contributed by atoms with van der Waals surface area (Å²) < 4.78 is 0. The molecule has 1 aromatic carbocycles. The molecule has 0 saturated heterocycles. The molecule has 4 N–H and O–H groups in total. The van der Waals surface area contributed by atoms with Crippen LogP contribution in [-0.4, -0.2) is 4.92 Å². The van der Waals surface area contributed by atoms with Crippen molar-refractivity contribution in [1.82, 2.24) is 0 Å². The van der Waals surface area contributed by atoms with Crippen molar-refractivity contribution in [2.24, 2.45) is 5.84 Å². The zero-order valence-electron chi connectivity index (χ0n) is 10.3. The fraction of sp³-hybridized carbons (Fsp3) is 0.167. The van der Waals surface area contributed by atoms with Crippen molar-refractivity contribution in [2.45, 2.75) is 13.0 Å². The van der Waals surface area contributed by atoms with Gasteiger partial charge >= 0.3 is 5.69 Å². The van der Waals surface area contributed by atoms with E-state index in [-0.39, 0.29) is 17.4 Å². The number of anilines is 2. The number of nitrogen functional groups attached to an aromatic ring is 1. The Bertz CT molecular complexity index is 571. The molecule has 0 saturated carbocycles. The molecule has 0 aliphatic heterocycles. The number of para-hydroxylation sites is 1. The van der Waals surface area contributed by atoms with Gasteiger partial charge in [-0.3, -0.25) is 16.0 Å².